The Labute approximate surface area is 143 Å². The first-order valence-corrected chi connectivity index (χ1v) is 7.38. The van der Waals surface area contributed by atoms with Gasteiger partial charge in [0, 0.05) is 23.7 Å². The number of nitrogens with one attached hydrogen (secondary N) is 1. The van der Waals surface area contributed by atoms with Gasteiger partial charge in [0.15, 0.2) is 0 Å². The Bertz CT molecular complexity index is 814. The highest BCUT2D eigenvalue weighted by Crippen LogP contribution is 2.31. The number of aromatic hydroxyl groups is 1. The predicted molar refractivity (Wildman–Crippen MR) is 89.6 cm³/mol. The molecule has 0 unspecified atom stereocenters. The van der Waals surface area contributed by atoms with Crippen molar-refractivity contribution >= 4 is 23.3 Å². The number of esters is 1. The molecule has 0 saturated heterocycles. The summed E-state index contributed by atoms with van der Waals surface area (Å²) < 4.78 is 5.00. The van der Waals surface area contributed by atoms with E-state index in [2.05, 4.69) is 5.32 Å². The van der Waals surface area contributed by atoms with Crippen LogP contribution in [0.2, 0.25) is 0 Å². The van der Waals surface area contributed by atoms with E-state index in [-0.39, 0.29) is 28.9 Å². The van der Waals surface area contributed by atoms with E-state index in [9.17, 15) is 24.8 Å². The molecule has 2 rings (SSSR count). The molecule has 130 valence electrons. The van der Waals surface area contributed by atoms with Crippen LogP contribution in [-0.4, -0.2) is 21.9 Å². The quantitative estimate of drug-likeness (QED) is 0.372. The number of phenolic OH excluding ortho intramolecular Hbond substituents is 1. The van der Waals surface area contributed by atoms with Crippen LogP contribution in [-0.2, 0) is 4.79 Å². The van der Waals surface area contributed by atoms with Crippen molar-refractivity contribution in [3.8, 4) is 11.5 Å². The number of nitro groups is 1. The molecule has 1 amide bonds. The van der Waals surface area contributed by atoms with Crippen molar-refractivity contribution in [1.82, 2.24) is 0 Å². The number of phenols is 1. The summed E-state index contributed by atoms with van der Waals surface area (Å²) in [6.07, 6.45) is 0. The molecule has 2 N–H and O–H groups in total. The molecule has 2 aromatic carbocycles. The molecule has 0 atom stereocenters. The van der Waals surface area contributed by atoms with Crippen LogP contribution in [0, 0.1) is 16.0 Å². The topological polar surface area (TPSA) is 119 Å². The van der Waals surface area contributed by atoms with Crippen molar-refractivity contribution in [1.29, 1.82) is 0 Å². The van der Waals surface area contributed by atoms with Gasteiger partial charge in [-0.3, -0.25) is 14.9 Å². The highest BCUT2D eigenvalue weighted by molar-refractivity contribution is 5.94. The Morgan fingerprint density at radius 1 is 1.16 bits per heavy atom. The largest absolute Gasteiger partial charge is 0.508 e. The number of carbonyl (C=O) groups excluding carboxylic acids is 2. The number of rotatable bonds is 5. The Balaban J connectivity index is 2.15. The first kappa shape index (κ1) is 17.9. The number of benzene rings is 2. The molecule has 8 heteroatoms. The summed E-state index contributed by atoms with van der Waals surface area (Å²) >= 11 is 0. The first-order valence-electron chi connectivity index (χ1n) is 7.38. The van der Waals surface area contributed by atoms with Crippen LogP contribution >= 0.6 is 0 Å². The maximum absolute atomic E-state index is 12.1. The summed E-state index contributed by atoms with van der Waals surface area (Å²) in [6, 6.07) is 9.05. The molecule has 0 fully saturated rings. The zero-order chi connectivity index (χ0) is 18.6. The van der Waals surface area contributed by atoms with Gasteiger partial charge in [0.2, 0.25) is 11.7 Å². The van der Waals surface area contributed by atoms with E-state index in [0.717, 1.165) is 18.2 Å². The SMILES string of the molecule is CC(C)C(=O)Nc1ccc(C(=O)Oc2cc(O)ccc2[N+](=O)[O-])cc1. The number of anilines is 1. The van der Waals surface area contributed by atoms with Crippen LogP contribution in [0.25, 0.3) is 0 Å². The van der Waals surface area contributed by atoms with Crippen LogP contribution in [0.4, 0.5) is 11.4 Å². The summed E-state index contributed by atoms with van der Waals surface area (Å²) in [5.74, 6) is -1.79. The molecule has 0 aliphatic heterocycles. The van der Waals surface area contributed by atoms with Crippen molar-refractivity contribution in [2.75, 3.05) is 5.32 Å². The Hall–Kier alpha value is -3.42. The number of hydrogen-bond acceptors (Lipinski definition) is 6. The first-order chi connectivity index (χ1) is 11.8. The van der Waals surface area contributed by atoms with Gasteiger partial charge < -0.3 is 15.2 Å². The van der Waals surface area contributed by atoms with Crippen LogP contribution < -0.4 is 10.1 Å². The predicted octanol–water partition coefficient (Wildman–Crippen LogP) is 3.11. The molecule has 0 aliphatic carbocycles. The smallest absolute Gasteiger partial charge is 0.343 e. The third-order valence-electron chi connectivity index (χ3n) is 3.26. The number of carbonyl (C=O) groups is 2. The minimum Gasteiger partial charge on any atom is -0.508 e. The minimum absolute atomic E-state index is 0.139. The Morgan fingerprint density at radius 2 is 1.80 bits per heavy atom. The maximum atomic E-state index is 12.1. The molecule has 0 saturated carbocycles. The zero-order valence-electron chi connectivity index (χ0n) is 13.6. The highest BCUT2D eigenvalue weighted by atomic mass is 16.6. The van der Waals surface area contributed by atoms with E-state index in [1.165, 1.54) is 24.3 Å². The average Bonchev–Trinajstić information content (AvgIpc) is 2.55. The number of amides is 1. The van der Waals surface area contributed by atoms with Gasteiger partial charge in [0.25, 0.3) is 0 Å². The fourth-order valence-electron chi connectivity index (χ4n) is 1.87. The maximum Gasteiger partial charge on any atom is 0.343 e. The van der Waals surface area contributed by atoms with Gasteiger partial charge in [-0.15, -0.1) is 0 Å². The molecule has 0 aliphatic rings. The fraction of sp³-hybridized carbons (Fsp3) is 0.176. The second kappa shape index (κ2) is 7.43. The molecule has 0 spiro atoms. The number of nitro benzene ring substituents is 1. The molecular formula is C17H16N2O6. The molecule has 8 nitrogen and oxygen atoms in total. The van der Waals surface area contributed by atoms with Gasteiger partial charge in [-0.25, -0.2) is 4.79 Å². The third-order valence-corrected chi connectivity index (χ3v) is 3.26. The average molecular weight is 344 g/mol. The lowest BCUT2D eigenvalue weighted by Crippen LogP contribution is -2.17. The summed E-state index contributed by atoms with van der Waals surface area (Å²) in [5, 5.41) is 23.0. The van der Waals surface area contributed by atoms with Crippen molar-refractivity contribution in [3.63, 3.8) is 0 Å². The normalized spacial score (nSPS) is 10.4. The number of ether oxygens (including phenoxy) is 1. The summed E-state index contributed by atoms with van der Waals surface area (Å²) in [4.78, 5) is 34.0. The molecule has 25 heavy (non-hydrogen) atoms. The van der Waals surface area contributed by atoms with Crippen LogP contribution in [0.3, 0.4) is 0 Å². The van der Waals surface area contributed by atoms with Gasteiger partial charge in [0.05, 0.1) is 10.5 Å². The summed E-state index contributed by atoms with van der Waals surface area (Å²) in [7, 11) is 0. The van der Waals surface area contributed by atoms with Crippen molar-refractivity contribution in [3.05, 3.63) is 58.1 Å². The van der Waals surface area contributed by atoms with Gasteiger partial charge >= 0.3 is 11.7 Å². The summed E-state index contributed by atoms with van der Waals surface area (Å²) in [5.41, 5.74) is 0.214. The molecule has 2 aromatic rings. The Kier molecular flexibility index (Phi) is 5.33. The van der Waals surface area contributed by atoms with E-state index in [1.807, 2.05) is 0 Å². The minimum atomic E-state index is -0.824. The van der Waals surface area contributed by atoms with Crippen molar-refractivity contribution in [2.24, 2.45) is 5.92 Å². The Morgan fingerprint density at radius 3 is 2.36 bits per heavy atom. The lowest BCUT2D eigenvalue weighted by atomic mass is 10.1. The third kappa shape index (κ3) is 4.54. The second-order valence-corrected chi connectivity index (χ2v) is 5.52. The van der Waals surface area contributed by atoms with Gasteiger partial charge in [-0.2, -0.15) is 0 Å². The number of hydrogen-bond donors (Lipinski definition) is 2. The molecule has 0 bridgehead atoms. The van der Waals surface area contributed by atoms with E-state index in [0.29, 0.717) is 5.69 Å². The van der Waals surface area contributed by atoms with Crippen LogP contribution in [0.5, 0.6) is 11.5 Å². The highest BCUT2D eigenvalue weighted by Gasteiger charge is 2.19. The summed E-state index contributed by atoms with van der Waals surface area (Å²) in [6.45, 7) is 3.51. The molecular weight excluding hydrogens is 328 g/mol. The van der Waals surface area contributed by atoms with Crippen molar-refractivity contribution < 1.29 is 24.4 Å². The van der Waals surface area contributed by atoms with E-state index >= 15 is 0 Å². The fourth-order valence-corrected chi connectivity index (χ4v) is 1.87. The lowest BCUT2D eigenvalue weighted by molar-refractivity contribution is -0.385. The molecule has 0 radical (unpaired) electrons. The van der Waals surface area contributed by atoms with E-state index < -0.39 is 16.6 Å². The van der Waals surface area contributed by atoms with Gasteiger partial charge in [-0.1, -0.05) is 13.8 Å². The van der Waals surface area contributed by atoms with Gasteiger partial charge in [-0.05, 0) is 30.3 Å². The van der Waals surface area contributed by atoms with Crippen LogP contribution in [0.1, 0.15) is 24.2 Å². The van der Waals surface area contributed by atoms with Crippen LogP contribution in [0.15, 0.2) is 42.5 Å². The second-order valence-electron chi connectivity index (χ2n) is 5.52. The molecule has 0 heterocycles. The zero-order valence-corrected chi connectivity index (χ0v) is 13.6. The van der Waals surface area contributed by atoms with Gasteiger partial charge in [0.1, 0.15) is 5.75 Å². The molecule has 0 aromatic heterocycles. The van der Waals surface area contributed by atoms with Crippen molar-refractivity contribution in [2.45, 2.75) is 13.8 Å². The monoisotopic (exact) mass is 344 g/mol. The van der Waals surface area contributed by atoms with E-state index in [4.69, 9.17) is 4.74 Å². The standard InChI is InChI=1S/C17H16N2O6/c1-10(2)16(21)18-12-5-3-11(4-6-12)17(22)25-15-9-13(20)7-8-14(15)19(23)24/h3-10,20H,1-2H3,(H,18,21). The van der Waals surface area contributed by atoms with E-state index in [1.54, 1.807) is 13.8 Å². The lowest BCUT2D eigenvalue weighted by Gasteiger charge is -2.09. The number of nitrogens with zero attached hydrogens (tertiary/aromatic N) is 1.